The summed E-state index contributed by atoms with van der Waals surface area (Å²) in [4.78, 5) is 1.08. The van der Waals surface area contributed by atoms with Crippen LogP contribution in [-0.2, 0) is 6.42 Å². The molecule has 0 spiro atoms. The lowest BCUT2D eigenvalue weighted by Gasteiger charge is -2.39. The van der Waals surface area contributed by atoms with Gasteiger partial charge >= 0.3 is 0 Å². The number of aliphatic hydroxyl groups is 4. The van der Waals surface area contributed by atoms with Crippen molar-refractivity contribution in [2.75, 3.05) is 6.61 Å². The van der Waals surface area contributed by atoms with Crippen molar-refractivity contribution in [3.8, 4) is 5.75 Å². The van der Waals surface area contributed by atoms with Crippen LogP contribution in [0.4, 0.5) is 0 Å². The van der Waals surface area contributed by atoms with Crippen LogP contribution in [0, 0.1) is 5.92 Å². The number of aliphatic hydroxyl groups excluding tert-OH is 4. The molecule has 0 aliphatic heterocycles. The number of ether oxygens (including phenoxy) is 1. The van der Waals surface area contributed by atoms with Crippen molar-refractivity contribution in [2.45, 2.75) is 44.2 Å². The fourth-order valence-electron chi connectivity index (χ4n) is 2.43. The highest BCUT2D eigenvalue weighted by Gasteiger charge is 2.43. The smallest absolute Gasteiger partial charge is 0.133 e. The molecule has 1 aromatic heterocycles. The van der Waals surface area contributed by atoms with E-state index in [4.69, 9.17) is 4.74 Å². The Hall–Kier alpha value is -0.660. The zero-order chi connectivity index (χ0) is 14.0. The van der Waals surface area contributed by atoms with E-state index in [2.05, 4.69) is 0 Å². The van der Waals surface area contributed by atoms with Crippen LogP contribution in [-0.4, -0.2) is 51.4 Å². The predicted molar refractivity (Wildman–Crippen MR) is 71.3 cm³/mol. The number of aryl methyl sites for hydroxylation is 1. The molecular weight excluding hydrogens is 268 g/mol. The summed E-state index contributed by atoms with van der Waals surface area (Å²) in [5.41, 5.74) is 0. The first-order valence-corrected chi connectivity index (χ1v) is 7.34. The zero-order valence-electron chi connectivity index (χ0n) is 10.8. The molecule has 0 amide bonds. The Morgan fingerprint density at radius 1 is 1.26 bits per heavy atom. The van der Waals surface area contributed by atoms with Gasteiger partial charge in [0.1, 0.15) is 24.1 Å². The molecule has 1 aliphatic carbocycles. The van der Waals surface area contributed by atoms with E-state index in [0.717, 1.165) is 11.3 Å². The van der Waals surface area contributed by atoms with Gasteiger partial charge in [0, 0.05) is 17.4 Å². The molecule has 1 heterocycles. The average molecular weight is 288 g/mol. The Bertz CT molecular complexity index is 405. The van der Waals surface area contributed by atoms with E-state index in [1.807, 2.05) is 18.4 Å². The lowest BCUT2D eigenvalue weighted by Crippen LogP contribution is -2.56. The minimum atomic E-state index is -1.29. The van der Waals surface area contributed by atoms with Crippen molar-refractivity contribution in [3.05, 3.63) is 16.3 Å². The third-order valence-electron chi connectivity index (χ3n) is 3.64. The number of hydrogen-bond donors (Lipinski definition) is 4. The molecule has 0 unspecified atom stereocenters. The summed E-state index contributed by atoms with van der Waals surface area (Å²) in [5.74, 6) is 0.226. The summed E-state index contributed by atoms with van der Waals surface area (Å²) in [6.07, 6.45) is -3.02. The molecule has 0 bridgehead atoms. The molecule has 108 valence electrons. The molecule has 1 aliphatic rings. The van der Waals surface area contributed by atoms with Crippen molar-refractivity contribution in [1.29, 1.82) is 0 Å². The van der Waals surface area contributed by atoms with Gasteiger partial charge in [-0.1, -0.05) is 6.92 Å². The molecule has 5 atom stereocenters. The molecule has 1 fully saturated rings. The Balaban J connectivity index is 2.11. The molecule has 0 aromatic carbocycles. The van der Waals surface area contributed by atoms with Gasteiger partial charge in [0.25, 0.3) is 0 Å². The van der Waals surface area contributed by atoms with E-state index < -0.39 is 30.3 Å². The van der Waals surface area contributed by atoms with Crippen molar-refractivity contribution in [1.82, 2.24) is 0 Å². The number of thiophene rings is 1. The normalized spacial score (nSPS) is 35.3. The van der Waals surface area contributed by atoms with Gasteiger partial charge in [-0.3, -0.25) is 0 Å². The van der Waals surface area contributed by atoms with E-state index in [0.29, 0.717) is 12.2 Å². The van der Waals surface area contributed by atoms with Gasteiger partial charge in [-0.25, -0.2) is 0 Å². The van der Waals surface area contributed by atoms with Gasteiger partial charge < -0.3 is 25.2 Å². The van der Waals surface area contributed by atoms with Crippen LogP contribution in [0.2, 0.25) is 0 Å². The van der Waals surface area contributed by atoms with E-state index >= 15 is 0 Å². The monoisotopic (exact) mass is 288 g/mol. The van der Waals surface area contributed by atoms with Gasteiger partial charge in [-0.2, -0.15) is 0 Å². The lowest BCUT2D eigenvalue weighted by atomic mass is 9.81. The van der Waals surface area contributed by atoms with Crippen LogP contribution in [0.25, 0.3) is 0 Å². The SMILES string of the molecule is CCc1sccc1O[C@@H]1C[C@H](CO)[C@@H](O)[C@H](O)[C@H]1O. The van der Waals surface area contributed by atoms with E-state index in [1.54, 1.807) is 11.3 Å². The van der Waals surface area contributed by atoms with Crippen molar-refractivity contribution in [3.63, 3.8) is 0 Å². The Labute approximate surface area is 116 Å². The molecule has 0 saturated heterocycles. The molecule has 4 N–H and O–H groups in total. The molecule has 19 heavy (non-hydrogen) atoms. The van der Waals surface area contributed by atoms with Crippen LogP contribution in [0.1, 0.15) is 18.2 Å². The minimum absolute atomic E-state index is 0.241. The summed E-state index contributed by atoms with van der Waals surface area (Å²) in [7, 11) is 0. The van der Waals surface area contributed by atoms with Crippen molar-refractivity contribution < 1.29 is 25.2 Å². The second-order valence-electron chi connectivity index (χ2n) is 4.87. The number of hydrogen-bond acceptors (Lipinski definition) is 6. The second-order valence-corrected chi connectivity index (χ2v) is 5.87. The van der Waals surface area contributed by atoms with E-state index in [9.17, 15) is 20.4 Å². The van der Waals surface area contributed by atoms with Crippen LogP contribution in [0.15, 0.2) is 11.4 Å². The van der Waals surface area contributed by atoms with Gasteiger partial charge in [0.15, 0.2) is 0 Å². The first kappa shape index (κ1) is 14.7. The molecule has 5 nitrogen and oxygen atoms in total. The summed E-state index contributed by atoms with van der Waals surface area (Å²) in [5, 5.41) is 40.6. The van der Waals surface area contributed by atoms with Crippen molar-refractivity contribution in [2.24, 2.45) is 5.92 Å². The minimum Gasteiger partial charge on any atom is -0.486 e. The van der Waals surface area contributed by atoms with Gasteiger partial charge in [-0.15, -0.1) is 11.3 Å². The first-order chi connectivity index (χ1) is 9.08. The van der Waals surface area contributed by atoms with Crippen LogP contribution < -0.4 is 4.74 Å². The highest BCUT2D eigenvalue weighted by molar-refractivity contribution is 7.10. The standard InChI is InChI=1S/C13H20O5S/c1-2-10-8(3-4-19-10)18-9-5-7(6-14)11(15)13(17)12(9)16/h3-4,7,9,11-17H,2,5-6H2,1H3/t7-,9-,11-,12+,13+/m1/s1. The summed E-state index contributed by atoms with van der Waals surface area (Å²) in [6, 6.07) is 1.83. The van der Waals surface area contributed by atoms with Gasteiger partial charge in [-0.05, 0) is 24.3 Å². The molecule has 6 heteroatoms. The van der Waals surface area contributed by atoms with E-state index in [1.165, 1.54) is 0 Å². The fraction of sp³-hybridized carbons (Fsp3) is 0.692. The number of rotatable bonds is 4. The summed E-state index contributed by atoms with van der Waals surface area (Å²) >= 11 is 1.58. The molecule has 0 radical (unpaired) electrons. The van der Waals surface area contributed by atoms with Crippen LogP contribution in [0.3, 0.4) is 0 Å². The third kappa shape index (κ3) is 2.93. The fourth-order valence-corrected chi connectivity index (χ4v) is 3.19. The average Bonchev–Trinajstić information content (AvgIpc) is 2.86. The third-order valence-corrected chi connectivity index (χ3v) is 4.68. The maximum Gasteiger partial charge on any atom is 0.133 e. The summed E-state index contributed by atoms with van der Waals surface area (Å²) < 4.78 is 5.76. The Morgan fingerprint density at radius 3 is 2.63 bits per heavy atom. The maximum atomic E-state index is 9.97. The topological polar surface area (TPSA) is 90.2 Å². The molecular formula is C13H20O5S. The first-order valence-electron chi connectivity index (χ1n) is 6.46. The lowest BCUT2D eigenvalue weighted by molar-refractivity contribution is -0.157. The predicted octanol–water partition coefficient (Wildman–Crippen LogP) is 0.153. The highest BCUT2D eigenvalue weighted by atomic mass is 32.1. The van der Waals surface area contributed by atoms with E-state index in [-0.39, 0.29) is 6.61 Å². The Morgan fingerprint density at radius 2 is 2.00 bits per heavy atom. The molecule has 1 aromatic rings. The van der Waals surface area contributed by atoms with Crippen LogP contribution >= 0.6 is 11.3 Å². The highest BCUT2D eigenvalue weighted by Crippen LogP contribution is 2.32. The zero-order valence-corrected chi connectivity index (χ0v) is 11.6. The molecule has 1 saturated carbocycles. The second kappa shape index (κ2) is 6.19. The maximum absolute atomic E-state index is 9.97. The molecule has 2 rings (SSSR count). The largest absolute Gasteiger partial charge is 0.486 e. The Kier molecular flexibility index (Phi) is 4.81. The van der Waals surface area contributed by atoms with Crippen LogP contribution in [0.5, 0.6) is 5.75 Å². The van der Waals surface area contributed by atoms with Crippen molar-refractivity contribution >= 4 is 11.3 Å². The summed E-state index contributed by atoms with van der Waals surface area (Å²) in [6.45, 7) is 1.78. The van der Waals surface area contributed by atoms with Gasteiger partial charge in [0.05, 0.1) is 6.10 Å². The quantitative estimate of drug-likeness (QED) is 0.633. The van der Waals surface area contributed by atoms with Gasteiger partial charge in [0.2, 0.25) is 0 Å².